The third-order valence-corrected chi connectivity index (χ3v) is 8.83. The third-order valence-electron chi connectivity index (χ3n) is 8.83. The number of ether oxygens (including phenoxy) is 1. The van der Waals surface area contributed by atoms with E-state index in [1.54, 1.807) is 0 Å². The van der Waals surface area contributed by atoms with Gasteiger partial charge >= 0.3 is 5.97 Å². The van der Waals surface area contributed by atoms with Gasteiger partial charge in [0.05, 0.1) is 12.5 Å². The van der Waals surface area contributed by atoms with Crippen LogP contribution in [0, 0.1) is 46.3 Å². The molecule has 0 heterocycles. The van der Waals surface area contributed by atoms with Crippen LogP contribution in [0.4, 0.5) is 0 Å². The summed E-state index contributed by atoms with van der Waals surface area (Å²) in [5.41, 5.74) is 0.562. The van der Waals surface area contributed by atoms with Crippen LogP contribution in [0.15, 0.2) is 0 Å². The summed E-state index contributed by atoms with van der Waals surface area (Å²) in [5, 5.41) is 0. The molecule has 0 rings (SSSR count). The Morgan fingerprint density at radius 2 is 1.11 bits per heavy atom. The van der Waals surface area contributed by atoms with Gasteiger partial charge in [-0.3, -0.25) is 4.79 Å². The van der Waals surface area contributed by atoms with Crippen molar-refractivity contribution in [2.24, 2.45) is 46.3 Å². The Morgan fingerprint density at radius 3 is 1.63 bits per heavy atom. The lowest BCUT2D eigenvalue weighted by atomic mass is 9.76. The van der Waals surface area contributed by atoms with Crippen LogP contribution in [0.2, 0.25) is 0 Å². The average Bonchev–Trinajstić information content (AvgIpc) is 2.79. The highest BCUT2D eigenvalue weighted by atomic mass is 16.5. The van der Waals surface area contributed by atoms with Gasteiger partial charge < -0.3 is 4.74 Å². The Morgan fingerprint density at radius 1 is 0.605 bits per heavy atom. The van der Waals surface area contributed by atoms with Gasteiger partial charge in [-0.25, -0.2) is 0 Å². The van der Waals surface area contributed by atoms with Gasteiger partial charge in [0.25, 0.3) is 0 Å². The Bertz CT molecular complexity index is 581. The summed E-state index contributed by atoms with van der Waals surface area (Å²) in [6, 6.07) is 0. The van der Waals surface area contributed by atoms with Crippen molar-refractivity contribution in [1.29, 1.82) is 0 Å². The first-order chi connectivity index (χ1) is 17.6. The van der Waals surface area contributed by atoms with Gasteiger partial charge in [0.1, 0.15) is 0 Å². The highest BCUT2D eigenvalue weighted by Crippen LogP contribution is 2.34. The van der Waals surface area contributed by atoms with E-state index in [2.05, 4.69) is 83.1 Å². The molecule has 0 aliphatic rings. The maximum absolute atomic E-state index is 13.6. The summed E-state index contributed by atoms with van der Waals surface area (Å²) in [7, 11) is 0. The van der Waals surface area contributed by atoms with Crippen LogP contribution in [0.5, 0.6) is 0 Å². The maximum atomic E-state index is 13.6. The predicted molar refractivity (Wildman–Crippen MR) is 169 cm³/mol. The molecule has 6 atom stereocenters. The van der Waals surface area contributed by atoms with E-state index in [-0.39, 0.29) is 17.3 Å². The standard InChI is InChI=1S/C36H72O2/c1-13-28(3)19-16-15-17-21-32(22-18-20-29(4)14-2)27-38-34(37)33(31(6)26-36(10,11)12)24-23-30(5)25-35(7,8)9/h28-33H,13-27H2,1-12H3. The first kappa shape index (κ1) is 37.5. The fraction of sp³-hybridized carbons (Fsp3) is 0.972. The molecule has 228 valence electrons. The van der Waals surface area contributed by atoms with Crippen LogP contribution < -0.4 is 0 Å². The van der Waals surface area contributed by atoms with Gasteiger partial charge in [0.2, 0.25) is 0 Å². The van der Waals surface area contributed by atoms with Crippen LogP contribution in [-0.2, 0) is 9.53 Å². The topological polar surface area (TPSA) is 26.3 Å². The second-order valence-electron chi connectivity index (χ2n) is 15.9. The number of unbranched alkanes of at least 4 members (excludes halogenated alkanes) is 2. The minimum absolute atomic E-state index is 0.0212. The fourth-order valence-electron chi connectivity index (χ4n) is 6.24. The molecule has 0 aromatic rings. The van der Waals surface area contributed by atoms with E-state index < -0.39 is 0 Å². The summed E-state index contributed by atoms with van der Waals surface area (Å²) in [5.74, 6) is 3.25. The van der Waals surface area contributed by atoms with E-state index in [0.29, 0.717) is 29.8 Å². The first-order valence-electron chi connectivity index (χ1n) is 16.7. The van der Waals surface area contributed by atoms with Crippen molar-refractivity contribution in [3.63, 3.8) is 0 Å². The van der Waals surface area contributed by atoms with Crippen LogP contribution >= 0.6 is 0 Å². The Balaban J connectivity index is 5.14. The monoisotopic (exact) mass is 537 g/mol. The summed E-state index contributed by atoms with van der Waals surface area (Å²) >= 11 is 0. The molecule has 0 radical (unpaired) electrons. The van der Waals surface area contributed by atoms with E-state index in [9.17, 15) is 4.79 Å². The van der Waals surface area contributed by atoms with E-state index in [1.807, 2.05) is 0 Å². The van der Waals surface area contributed by atoms with Gasteiger partial charge in [-0.1, -0.05) is 134 Å². The molecule has 0 N–H and O–H groups in total. The predicted octanol–water partition coefficient (Wildman–Crippen LogP) is 11.9. The second kappa shape index (κ2) is 19.5. The van der Waals surface area contributed by atoms with Crippen LogP contribution in [0.25, 0.3) is 0 Å². The van der Waals surface area contributed by atoms with Crippen molar-refractivity contribution in [2.75, 3.05) is 6.61 Å². The van der Waals surface area contributed by atoms with Crippen molar-refractivity contribution in [1.82, 2.24) is 0 Å². The van der Waals surface area contributed by atoms with Crippen LogP contribution in [0.3, 0.4) is 0 Å². The van der Waals surface area contributed by atoms with Crippen molar-refractivity contribution < 1.29 is 9.53 Å². The Hall–Kier alpha value is -0.530. The highest BCUT2D eigenvalue weighted by Gasteiger charge is 2.31. The molecule has 0 fully saturated rings. The summed E-state index contributed by atoms with van der Waals surface area (Å²) in [6.45, 7) is 28.5. The number of hydrogen-bond donors (Lipinski definition) is 0. The van der Waals surface area contributed by atoms with Crippen molar-refractivity contribution >= 4 is 5.97 Å². The van der Waals surface area contributed by atoms with Gasteiger partial charge in [-0.05, 0) is 78.9 Å². The van der Waals surface area contributed by atoms with Crippen molar-refractivity contribution in [3.05, 3.63) is 0 Å². The smallest absolute Gasteiger partial charge is 0.309 e. The molecule has 0 saturated heterocycles. The molecule has 0 aromatic carbocycles. The van der Waals surface area contributed by atoms with Gasteiger partial charge in [0.15, 0.2) is 0 Å². The zero-order valence-electron chi connectivity index (χ0n) is 28.4. The number of esters is 1. The largest absolute Gasteiger partial charge is 0.465 e. The molecule has 6 unspecified atom stereocenters. The molecular weight excluding hydrogens is 464 g/mol. The zero-order chi connectivity index (χ0) is 29.4. The molecule has 0 amide bonds. The van der Waals surface area contributed by atoms with Crippen LogP contribution in [0.1, 0.15) is 173 Å². The van der Waals surface area contributed by atoms with E-state index in [4.69, 9.17) is 4.74 Å². The van der Waals surface area contributed by atoms with Gasteiger partial charge in [-0.15, -0.1) is 0 Å². The Kier molecular flexibility index (Phi) is 19.3. The van der Waals surface area contributed by atoms with Crippen LogP contribution in [-0.4, -0.2) is 12.6 Å². The summed E-state index contributed by atoms with van der Waals surface area (Å²) in [4.78, 5) is 13.6. The molecule has 0 bridgehead atoms. The zero-order valence-corrected chi connectivity index (χ0v) is 28.4. The lowest BCUT2D eigenvalue weighted by molar-refractivity contribution is -0.152. The quantitative estimate of drug-likeness (QED) is 0.108. The number of rotatable bonds is 21. The molecule has 0 saturated carbocycles. The summed E-state index contributed by atoms with van der Waals surface area (Å²) < 4.78 is 6.19. The fourth-order valence-corrected chi connectivity index (χ4v) is 6.24. The van der Waals surface area contributed by atoms with Gasteiger partial charge in [-0.2, -0.15) is 0 Å². The number of carbonyl (C=O) groups is 1. The molecule has 0 aliphatic heterocycles. The lowest BCUT2D eigenvalue weighted by Crippen LogP contribution is -2.29. The van der Waals surface area contributed by atoms with E-state index >= 15 is 0 Å². The average molecular weight is 537 g/mol. The van der Waals surface area contributed by atoms with Gasteiger partial charge in [0, 0.05) is 0 Å². The molecule has 0 aromatic heterocycles. The Labute approximate surface area is 241 Å². The molecule has 2 nitrogen and oxygen atoms in total. The van der Waals surface area contributed by atoms with Crippen molar-refractivity contribution in [2.45, 2.75) is 173 Å². The molecule has 0 spiro atoms. The summed E-state index contributed by atoms with van der Waals surface area (Å²) in [6.07, 6.45) is 17.1. The molecule has 0 aliphatic carbocycles. The number of hydrogen-bond acceptors (Lipinski definition) is 2. The minimum atomic E-state index is 0.0212. The number of carbonyl (C=O) groups excluding carboxylic acids is 1. The molecule has 2 heteroatoms. The minimum Gasteiger partial charge on any atom is -0.465 e. The first-order valence-corrected chi connectivity index (χ1v) is 16.7. The maximum Gasteiger partial charge on any atom is 0.309 e. The molecule has 38 heavy (non-hydrogen) atoms. The highest BCUT2D eigenvalue weighted by molar-refractivity contribution is 5.72. The normalized spacial score (nSPS) is 17.5. The third kappa shape index (κ3) is 20.4. The second-order valence-corrected chi connectivity index (χ2v) is 15.9. The SMILES string of the molecule is CCC(C)CCCCCC(CCCC(C)CC)COC(=O)C(CCC(C)CC(C)(C)C)C(C)CC(C)(C)C. The van der Waals surface area contributed by atoms with Crippen molar-refractivity contribution in [3.8, 4) is 0 Å². The van der Waals surface area contributed by atoms with E-state index in [1.165, 1.54) is 70.6 Å². The molecular formula is C36H72O2. The lowest BCUT2D eigenvalue weighted by Gasteiger charge is -2.30. The van der Waals surface area contributed by atoms with E-state index in [0.717, 1.165) is 31.1 Å².